The molecule has 2 N–H and O–H groups in total. The van der Waals surface area contributed by atoms with Crippen LogP contribution in [0, 0.1) is 13.8 Å². The van der Waals surface area contributed by atoms with Gasteiger partial charge in [0.15, 0.2) is 0 Å². The number of aryl methyl sites for hydroxylation is 2. The van der Waals surface area contributed by atoms with Crippen molar-refractivity contribution in [3.63, 3.8) is 0 Å². The summed E-state index contributed by atoms with van der Waals surface area (Å²) in [5.74, 6) is 1.42. The van der Waals surface area contributed by atoms with Crippen LogP contribution in [0.1, 0.15) is 11.1 Å². The molecule has 0 saturated heterocycles. The van der Waals surface area contributed by atoms with Crippen LogP contribution in [0.5, 0.6) is 0 Å². The van der Waals surface area contributed by atoms with Gasteiger partial charge in [-0.25, -0.2) is 4.98 Å². The number of benzene rings is 2. The Bertz CT molecular complexity index is 796. The zero-order valence-electron chi connectivity index (χ0n) is 12.4. The molecular weight excluding hydrogens is 260 g/mol. The SMILES string of the molecule is CNc1nc(Nc2ccc(C)c(C)c2)nc2ccccc12. The summed E-state index contributed by atoms with van der Waals surface area (Å²) in [6, 6.07) is 14.2. The van der Waals surface area contributed by atoms with Crippen LogP contribution in [0.4, 0.5) is 17.5 Å². The number of nitrogens with zero attached hydrogens (tertiary/aromatic N) is 2. The van der Waals surface area contributed by atoms with Crippen LogP contribution >= 0.6 is 0 Å². The topological polar surface area (TPSA) is 49.8 Å². The van der Waals surface area contributed by atoms with Crippen molar-refractivity contribution in [3.05, 3.63) is 53.6 Å². The standard InChI is InChI=1S/C17H18N4/c1-11-8-9-13(10-12(11)2)19-17-20-15-7-5-4-6-14(15)16(18-3)21-17/h4-10H,1-3H3,(H2,18,19,20,21). The molecule has 21 heavy (non-hydrogen) atoms. The summed E-state index contributed by atoms with van der Waals surface area (Å²) in [4.78, 5) is 9.10. The van der Waals surface area contributed by atoms with Gasteiger partial charge in [0.05, 0.1) is 5.52 Å². The highest BCUT2D eigenvalue weighted by Gasteiger charge is 2.06. The van der Waals surface area contributed by atoms with Gasteiger partial charge in [0.25, 0.3) is 0 Å². The minimum Gasteiger partial charge on any atom is -0.372 e. The first-order valence-electron chi connectivity index (χ1n) is 6.96. The highest BCUT2D eigenvalue weighted by molar-refractivity contribution is 5.90. The third-order valence-corrected chi connectivity index (χ3v) is 3.60. The van der Waals surface area contributed by atoms with E-state index in [1.54, 1.807) is 0 Å². The highest BCUT2D eigenvalue weighted by Crippen LogP contribution is 2.23. The zero-order chi connectivity index (χ0) is 14.8. The van der Waals surface area contributed by atoms with Gasteiger partial charge in [-0.1, -0.05) is 18.2 Å². The van der Waals surface area contributed by atoms with Gasteiger partial charge in [0.1, 0.15) is 5.82 Å². The van der Waals surface area contributed by atoms with Crippen molar-refractivity contribution < 1.29 is 0 Å². The molecule has 4 nitrogen and oxygen atoms in total. The fourth-order valence-electron chi connectivity index (χ4n) is 2.27. The molecule has 0 radical (unpaired) electrons. The van der Waals surface area contributed by atoms with Crippen molar-refractivity contribution in [3.8, 4) is 0 Å². The molecule has 1 aromatic heterocycles. The lowest BCUT2D eigenvalue weighted by Gasteiger charge is -2.10. The maximum absolute atomic E-state index is 4.57. The second kappa shape index (κ2) is 5.40. The molecule has 0 bridgehead atoms. The summed E-state index contributed by atoms with van der Waals surface area (Å²) >= 11 is 0. The lowest BCUT2D eigenvalue weighted by Crippen LogP contribution is -2.02. The maximum atomic E-state index is 4.57. The molecule has 0 aliphatic heterocycles. The van der Waals surface area contributed by atoms with Crippen LogP contribution in [0.15, 0.2) is 42.5 Å². The van der Waals surface area contributed by atoms with Crippen molar-refractivity contribution in [2.75, 3.05) is 17.7 Å². The second-order valence-corrected chi connectivity index (χ2v) is 5.09. The number of rotatable bonds is 3. The van der Waals surface area contributed by atoms with Gasteiger partial charge in [-0.05, 0) is 49.2 Å². The van der Waals surface area contributed by atoms with Crippen molar-refractivity contribution in [1.82, 2.24) is 9.97 Å². The normalized spacial score (nSPS) is 10.6. The van der Waals surface area contributed by atoms with Crippen molar-refractivity contribution in [2.45, 2.75) is 13.8 Å². The number of nitrogens with one attached hydrogen (secondary N) is 2. The van der Waals surface area contributed by atoms with Gasteiger partial charge >= 0.3 is 0 Å². The second-order valence-electron chi connectivity index (χ2n) is 5.09. The van der Waals surface area contributed by atoms with E-state index in [0.717, 1.165) is 22.4 Å². The Balaban J connectivity index is 2.02. The lowest BCUT2D eigenvalue weighted by molar-refractivity contribution is 1.20. The van der Waals surface area contributed by atoms with Crippen LogP contribution < -0.4 is 10.6 Å². The molecule has 3 aromatic rings. The number of para-hydroxylation sites is 1. The molecule has 106 valence electrons. The minimum atomic E-state index is 0.598. The van der Waals surface area contributed by atoms with Gasteiger partial charge in [-0.3, -0.25) is 0 Å². The fraction of sp³-hybridized carbons (Fsp3) is 0.176. The first kappa shape index (κ1) is 13.4. The van der Waals surface area contributed by atoms with Gasteiger partial charge < -0.3 is 10.6 Å². The molecule has 3 rings (SSSR count). The molecule has 1 heterocycles. The average molecular weight is 278 g/mol. The zero-order valence-corrected chi connectivity index (χ0v) is 12.4. The van der Waals surface area contributed by atoms with E-state index in [-0.39, 0.29) is 0 Å². The third-order valence-electron chi connectivity index (χ3n) is 3.60. The summed E-state index contributed by atoms with van der Waals surface area (Å²) in [6.07, 6.45) is 0. The van der Waals surface area contributed by atoms with E-state index in [1.807, 2.05) is 37.4 Å². The number of hydrogen-bond donors (Lipinski definition) is 2. The Kier molecular flexibility index (Phi) is 3.44. The van der Waals surface area contributed by atoms with Gasteiger partial charge in [-0.15, -0.1) is 0 Å². The molecule has 0 aliphatic rings. The van der Waals surface area contributed by atoms with E-state index in [9.17, 15) is 0 Å². The summed E-state index contributed by atoms with van der Waals surface area (Å²) in [7, 11) is 1.87. The van der Waals surface area contributed by atoms with Gasteiger partial charge in [0.2, 0.25) is 5.95 Å². The predicted molar refractivity (Wildman–Crippen MR) is 88.3 cm³/mol. The summed E-state index contributed by atoms with van der Waals surface area (Å²) < 4.78 is 0. The number of fused-ring (bicyclic) bond motifs is 1. The molecule has 4 heteroatoms. The average Bonchev–Trinajstić information content (AvgIpc) is 2.50. The van der Waals surface area contributed by atoms with E-state index in [1.165, 1.54) is 11.1 Å². The summed E-state index contributed by atoms with van der Waals surface area (Å²) in [5, 5.41) is 7.42. The molecule has 0 saturated carbocycles. The Morgan fingerprint density at radius 2 is 1.71 bits per heavy atom. The monoisotopic (exact) mass is 278 g/mol. The van der Waals surface area contributed by atoms with Crippen molar-refractivity contribution in [1.29, 1.82) is 0 Å². The van der Waals surface area contributed by atoms with Crippen LogP contribution in [0.3, 0.4) is 0 Å². The number of anilines is 3. The van der Waals surface area contributed by atoms with E-state index >= 15 is 0 Å². The summed E-state index contributed by atoms with van der Waals surface area (Å²) in [6.45, 7) is 4.20. The number of hydrogen-bond acceptors (Lipinski definition) is 4. The maximum Gasteiger partial charge on any atom is 0.229 e. The minimum absolute atomic E-state index is 0.598. The first-order chi connectivity index (χ1) is 10.2. The van der Waals surface area contributed by atoms with Crippen LogP contribution in [-0.4, -0.2) is 17.0 Å². The molecular formula is C17H18N4. The third kappa shape index (κ3) is 2.65. The van der Waals surface area contributed by atoms with Crippen molar-refractivity contribution >= 4 is 28.4 Å². The van der Waals surface area contributed by atoms with Crippen LogP contribution in [-0.2, 0) is 0 Å². The lowest BCUT2D eigenvalue weighted by atomic mass is 10.1. The summed E-state index contributed by atoms with van der Waals surface area (Å²) in [5.41, 5.74) is 4.43. The van der Waals surface area contributed by atoms with E-state index in [2.05, 4.69) is 46.6 Å². The molecule has 2 aromatic carbocycles. The Morgan fingerprint density at radius 3 is 2.48 bits per heavy atom. The van der Waals surface area contributed by atoms with E-state index < -0.39 is 0 Å². The number of aromatic nitrogens is 2. The molecule has 0 aliphatic carbocycles. The highest BCUT2D eigenvalue weighted by atomic mass is 15.1. The van der Waals surface area contributed by atoms with Gasteiger partial charge in [0, 0.05) is 18.1 Å². The Morgan fingerprint density at radius 1 is 0.905 bits per heavy atom. The van der Waals surface area contributed by atoms with Crippen LogP contribution in [0.2, 0.25) is 0 Å². The first-order valence-corrected chi connectivity index (χ1v) is 6.96. The predicted octanol–water partition coefficient (Wildman–Crippen LogP) is 4.03. The smallest absolute Gasteiger partial charge is 0.229 e. The fourth-order valence-corrected chi connectivity index (χ4v) is 2.27. The van der Waals surface area contributed by atoms with E-state index in [4.69, 9.17) is 0 Å². The Labute approximate surface area is 124 Å². The molecule has 0 unspecified atom stereocenters. The van der Waals surface area contributed by atoms with E-state index in [0.29, 0.717) is 5.95 Å². The molecule has 0 spiro atoms. The quantitative estimate of drug-likeness (QED) is 0.759. The molecule has 0 fully saturated rings. The molecule has 0 atom stereocenters. The Hall–Kier alpha value is -2.62. The van der Waals surface area contributed by atoms with Crippen LogP contribution in [0.25, 0.3) is 10.9 Å². The van der Waals surface area contributed by atoms with Crippen molar-refractivity contribution in [2.24, 2.45) is 0 Å². The largest absolute Gasteiger partial charge is 0.372 e. The molecule has 0 amide bonds. The van der Waals surface area contributed by atoms with Gasteiger partial charge in [-0.2, -0.15) is 4.98 Å².